The molecule has 0 radical (unpaired) electrons. The number of aromatic nitrogens is 2. The minimum atomic E-state index is -4.74. The van der Waals surface area contributed by atoms with Crippen molar-refractivity contribution in [1.29, 1.82) is 0 Å². The summed E-state index contributed by atoms with van der Waals surface area (Å²) in [6, 6.07) is 5.90. The second kappa shape index (κ2) is 6.14. The van der Waals surface area contributed by atoms with Crippen LogP contribution in [0.15, 0.2) is 24.3 Å². The SMILES string of the molecule is CCC(C)(NC(=O)Cn1c(C(F)(F)F)nc2ccccc21)C(=O)O. The van der Waals surface area contributed by atoms with Crippen LogP contribution in [-0.2, 0) is 22.3 Å². The fourth-order valence-corrected chi connectivity index (χ4v) is 2.24. The Morgan fingerprint density at radius 3 is 2.46 bits per heavy atom. The van der Waals surface area contributed by atoms with Gasteiger partial charge in [-0.25, -0.2) is 9.78 Å². The second-order valence-corrected chi connectivity index (χ2v) is 5.55. The van der Waals surface area contributed by atoms with Gasteiger partial charge in [0.2, 0.25) is 11.7 Å². The van der Waals surface area contributed by atoms with E-state index in [0.29, 0.717) is 0 Å². The van der Waals surface area contributed by atoms with Crippen molar-refractivity contribution in [2.45, 2.75) is 38.5 Å². The van der Waals surface area contributed by atoms with E-state index in [1.54, 1.807) is 13.0 Å². The van der Waals surface area contributed by atoms with Crippen molar-refractivity contribution in [3.63, 3.8) is 0 Å². The smallest absolute Gasteiger partial charge is 0.449 e. The van der Waals surface area contributed by atoms with E-state index in [-0.39, 0.29) is 17.5 Å². The molecule has 1 heterocycles. The number of hydrogen-bond acceptors (Lipinski definition) is 3. The maximum Gasteiger partial charge on any atom is 0.449 e. The number of carbonyl (C=O) groups is 2. The highest BCUT2D eigenvalue weighted by Gasteiger charge is 2.39. The first-order valence-corrected chi connectivity index (χ1v) is 7.15. The number of alkyl halides is 3. The molecule has 24 heavy (non-hydrogen) atoms. The number of aliphatic carboxylic acids is 1. The highest BCUT2D eigenvalue weighted by molar-refractivity contribution is 5.87. The zero-order valence-corrected chi connectivity index (χ0v) is 13.0. The van der Waals surface area contributed by atoms with E-state index in [0.717, 1.165) is 4.57 Å². The molecule has 0 aliphatic carbocycles. The molecule has 1 aromatic carbocycles. The molecule has 0 bridgehead atoms. The third kappa shape index (κ3) is 3.34. The zero-order valence-electron chi connectivity index (χ0n) is 13.0. The number of carboxylic acids is 1. The minimum absolute atomic E-state index is 0.0882. The average Bonchev–Trinajstić information content (AvgIpc) is 2.86. The Labute approximate surface area is 135 Å². The van der Waals surface area contributed by atoms with E-state index < -0.39 is 36.0 Å². The lowest BCUT2D eigenvalue weighted by molar-refractivity contribution is -0.149. The van der Waals surface area contributed by atoms with Crippen LogP contribution in [0.3, 0.4) is 0 Å². The minimum Gasteiger partial charge on any atom is -0.480 e. The van der Waals surface area contributed by atoms with Crippen LogP contribution in [0.5, 0.6) is 0 Å². The number of nitrogens with zero attached hydrogens (tertiary/aromatic N) is 2. The monoisotopic (exact) mass is 343 g/mol. The Kier molecular flexibility index (Phi) is 4.54. The first kappa shape index (κ1) is 17.8. The fraction of sp³-hybridized carbons (Fsp3) is 0.400. The summed E-state index contributed by atoms with van der Waals surface area (Å²) in [7, 11) is 0. The Morgan fingerprint density at radius 2 is 1.92 bits per heavy atom. The highest BCUT2D eigenvalue weighted by Crippen LogP contribution is 2.31. The zero-order chi connectivity index (χ0) is 18.1. The van der Waals surface area contributed by atoms with Gasteiger partial charge < -0.3 is 15.0 Å². The molecule has 0 fully saturated rings. The van der Waals surface area contributed by atoms with Crippen molar-refractivity contribution in [3.05, 3.63) is 30.1 Å². The molecule has 0 aliphatic heterocycles. The van der Waals surface area contributed by atoms with Gasteiger partial charge >= 0.3 is 12.1 Å². The molecule has 2 N–H and O–H groups in total. The van der Waals surface area contributed by atoms with Crippen molar-refractivity contribution in [3.8, 4) is 0 Å². The number of rotatable bonds is 5. The topological polar surface area (TPSA) is 84.2 Å². The van der Waals surface area contributed by atoms with E-state index in [9.17, 15) is 22.8 Å². The van der Waals surface area contributed by atoms with E-state index in [1.165, 1.54) is 25.1 Å². The Morgan fingerprint density at radius 1 is 1.29 bits per heavy atom. The summed E-state index contributed by atoms with van der Waals surface area (Å²) >= 11 is 0. The predicted octanol–water partition coefficient (Wildman–Crippen LogP) is 2.42. The van der Waals surface area contributed by atoms with Crippen LogP contribution in [0.1, 0.15) is 26.1 Å². The molecule has 0 saturated carbocycles. The predicted molar refractivity (Wildman–Crippen MR) is 79.2 cm³/mol. The Bertz CT molecular complexity index is 785. The summed E-state index contributed by atoms with van der Waals surface area (Å²) in [4.78, 5) is 26.9. The van der Waals surface area contributed by atoms with Crippen LogP contribution in [0.25, 0.3) is 11.0 Å². The van der Waals surface area contributed by atoms with Gasteiger partial charge in [-0.2, -0.15) is 13.2 Å². The standard InChI is InChI=1S/C15H16F3N3O3/c1-3-14(2,13(23)24)20-11(22)8-21-10-7-5-4-6-9(10)19-12(21)15(16,17)18/h4-7H,3,8H2,1-2H3,(H,20,22)(H,23,24). The molecule has 1 unspecified atom stereocenters. The van der Waals surface area contributed by atoms with Crippen LogP contribution in [0.4, 0.5) is 13.2 Å². The first-order valence-electron chi connectivity index (χ1n) is 7.15. The summed E-state index contributed by atoms with van der Waals surface area (Å²) in [6.07, 6.45) is -4.65. The largest absolute Gasteiger partial charge is 0.480 e. The number of halogens is 3. The number of para-hydroxylation sites is 2. The van der Waals surface area contributed by atoms with Gasteiger partial charge in [-0.05, 0) is 25.5 Å². The summed E-state index contributed by atoms with van der Waals surface area (Å²) in [5, 5.41) is 11.4. The molecule has 1 atom stereocenters. The number of nitrogens with one attached hydrogen (secondary N) is 1. The number of imidazole rings is 1. The lowest BCUT2D eigenvalue weighted by Crippen LogP contribution is -2.52. The molecule has 1 amide bonds. The molecule has 0 spiro atoms. The van der Waals surface area contributed by atoms with Crippen LogP contribution >= 0.6 is 0 Å². The van der Waals surface area contributed by atoms with Gasteiger partial charge in [-0.1, -0.05) is 19.1 Å². The molecule has 2 rings (SSSR count). The molecule has 6 nitrogen and oxygen atoms in total. The number of carboxylic acid groups (broad SMARTS) is 1. The molecular formula is C15H16F3N3O3. The summed E-state index contributed by atoms with van der Waals surface area (Å²) < 4.78 is 40.2. The molecule has 0 saturated heterocycles. The second-order valence-electron chi connectivity index (χ2n) is 5.55. The van der Waals surface area contributed by atoms with Gasteiger partial charge in [-0.15, -0.1) is 0 Å². The Hall–Kier alpha value is -2.58. The molecule has 130 valence electrons. The van der Waals surface area contributed by atoms with Gasteiger partial charge in [0.15, 0.2) is 0 Å². The highest BCUT2D eigenvalue weighted by atomic mass is 19.4. The number of fused-ring (bicyclic) bond motifs is 1. The third-order valence-corrected chi connectivity index (χ3v) is 3.80. The van der Waals surface area contributed by atoms with E-state index in [2.05, 4.69) is 10.3 Å². The molecular weight excluding hydrogens is 327 g/mol. The average molecular weight is 343 g/mol. The summed E-state index contributed by atoms with van der Waals surface area (Å²) in [6.45, 7) is 2.17. The quantitative estimate of drug-likeness (QED) is 0.873. The van der Waals surface area contributed by atoms with Crippen molar-refractivity contribution < 1.29 is 27.9 Å². The van der Waals surface area contributed by atoms with Crippen molar-refractivity contribution >= 4 is 22.9 Å². The van der Waals surface area contributed by atoms with E-state index in [4.69, 9.17) is 5.11 Å². The number of benzene rings is 1. The number of carbonyl (C=O) groups excluding carboxylic acids is 1. The number of hydrogen-bond donors (Lipinski definition) is 2. The number of amides is 1. The van der Waals surface area contributed by atoms with E-state index >= 15 is 0 Å². The molecule has 1 aromatic heterocycles. The van der Waals surface area contributed by atoms with Gasteiger partial charge in [0, 0.05) is 0 Å². The van der Waals surface area contributed by atoms with Crippen LogP contribution in [-0.4, -0.2) is 32.1 Å². The van der Waals surface area contributed by atoms with Crippen LogP contribution in [0, 0.1) is 0 Å². The molecule has 9 heteroatoms. The maximum absolute atomic E-state index is 13.2. The van der Waals surface area contributed by atoms with Gasteiger partial charge in [-0.3, -0.25) is 4.79 Å². The van der Waals surface area contributed by atoms with Crippen molar-refractivity contribution in [2.24, 2.45) is 0 Å². The van der Waals surface area contributed by atoms with Crippen molar-refractivity contribution in [2.75, 3.05) is 0 Å². The van der Waals surface area contributed by atoms with E-state index in [1.807, 2.05) is 0 Å². The van der Waals surface area contributed by atoms with Gasteiger partial charge in [0.1, 0.15) is 12.1 Å². The fourth-order valence-electron chi connectivity index (χ4n) is 2.24. The molecule has 0 aliphatic rings. The van der Waals surface area contributed by atoms with Gasteiger partial charge in [0.25, 0.3) is 0 Å². The maximum atomic E-state index is 13.2. The molecule has 2 aromatic rings. The third-order valence-electron chi connectivity index (χ3n) is 3.80. The normalized spacial score (nSPS) is 14.4. The summed E-state index contributed by atoms with van der Waals surface area (Å²) in [5.41, 5.74) is -1.30. The lowest BCUT2D eigenvalue weighted by Gasteiger charge is -2.25. The van der Waals surface area contributed by atoms with Crippen molar-refractivity contribution in [1.82, 2.24) is 14.9 Å². The summed E-state index contributed by atoms with van der Waals surface area (Å²) in [5.74, 6) is -3.30. The van der Waals surface area contributed by atoms with Crippen LogP contribution in [0.2, 0.25) is 0 Å². The lowest BCUT2D eigenvalue weighted by atomic mass is 9.99. The Balaban J connectivity index is 2.39. The van der Waals surface area contributed by atoms with Gasteiger partial charge in [0.05, 0.1) is 11.0 Å². The van der Waals surface area contributed by atoms with Crippen LogP contribution < -0.4 is 5.32 Å². The first-order chi connectivity index (χ1) is 11.1.